The lowest BCUT2D eigenvalue weighted by Crippen LogP contribution is -2.31. The molecule has 1 unspecified atom stereocenters. The van der Waals surface area contributed by atoms with Crippen LogP contribution in [0.5, 0.6) is 0 Å². The summed E-state index contributed by atoms with van der Waals surface area (Å²) in [6, 6.07) is 0. The van der Waals surface area contributed by atoms with Crippen molar-refractivity contribution in [2.45, 2.75) is 26.2 Å². The molecule has 2 heterocycles. The highest BCUT2D eigenvalue weighted by molar-refractivity contribution is 6.33. The predicted molar refractivity (Wildman–Crippen MR) is 77.2 cm³/mol. The first-order valence-electron chi connectivity index (χ1n) is 6.83. The third-order valence-electron chi connectivity index (χ3n) is 3.49. The molecule has 1 aromatic heterocycles. The fourth-order valence-electron chi connectivity index (χ4n) is 2.26. The number of aromatic nitrogens is 2. The maximum absolute atomic E-state index is 12.5. The van der Waals surface area contributed by atoms with Gasteiger partial charge in [0.05, 0.1) is 24.2 Å². The van der Waals surface area contributed by atoms with Gasteiger partial charge in [0.15, 0.2) is 5.69 Å². The molecule has 2 rings (SSSR count). The standard InChI is InChI=1S/C14H18ClN3O3/c1-8(2)12-16-6-10(15)11(17-12)13(19)18-5-4-9(7-18)14(20)21-3/h6,8-9H,4-5,7H2,1-3H3. The second kappa shape index (κ2) is 6.39. The molecule has 1 atom stereocenters. The zero-order chi connectivity index (χ0) is 15.6. The average Bonchev–Trinajstić information content (AvgIpc) is 2.95. The number of esters is 1. The van der Waals surface area contributed by atoms with Crippen molar-refractivity contribution in [1.29, 1.82) is 0 Å². The van der Waals surface area contributed by atoms with Crippen molar-refractivity contribution in [3.8, 4) is 0 Å². The zero-order valence-electron chi connectivity index (χ0n) is 12.3. The largest absolute Gasteiger partial charge is 0.469 e. The molecule has 7 heteroatoms. The molecular weight excluding hydrogens is 294 g/mol. The first-order valence-corrected chi connectivity index (χ1v) is 7.21. The Morgan fingerprint density at radius 2 is 2.19 bits per heavy atom. The lowest BCUT2D eigenvalue weighted by molar-refractivity contribution is -0.144. The highest BCUT2D eigenvalue weighted by Gasteiger charge is 2.33. The molecule has 1 aliphatic heterocycles. The van der Waals surface area contributed by atoms with Gasteiger partial charge in [-0.05, 0) is 6.42 Å². The minimum Gasteiger partial charge on any atom is -0.469 e. The molecule has 1 aromatic rings. The van der Waals surface area contributed by atoms with Crippen LogP contribution in [0.2, 0.25) is 5.02 Å². The molecule has 114 valence electrons. The monoisotopic (exact) mass is 311 g/mol. The Labute approximate surface area is 128 Å². The first-order chi connectivity index (χ1) is 9.93. The Morgan fingerprint density at radius 1 is 1.48 bits per heavy atom. The van der Waals surface area contributed by atoms with Gasteiger partial charge in [-0.25, -0.2) is 9.97 Å². The summed E-state index contributed by atoms with van der Waals surface area (Å²) < 4.78 is 4.71. The van der Waals surface area contributed by atoms with Crippen LogP contribution in [0.15, 0.2) is 6.20 Å². The van der Waals surface area contributed by atoms with Crippen molar-refractivity contribution < 1.29 is 14.3 Å². The highest BCUT2D eigenvalue weighted by Crippen LogP contribution is 2.23. The van der Waals surface area contributed by atoms with Crippen molar-refractivity contribution in [2.24, 2.45) is 5.92 Å². The quantitative estimate of drug-likeness (QED) is 0.797. The summed E-state index contributed by atoms with van der Waals surface area (Å²) in [5, 5.41) is 0.228. The smallest absolute Gasteiger partial charge is 0.310 e. The minimum atomic E-state index is -0.290. The molecule has 1 amide bonds. The third-order valence-corrected chi connectivity index (χ3v) is 3.77. The maximum Gasteiger partial charge on any atom is 0.310 e. The van der Waals surface area contributed by atoms with E-state index in [0.717, 1.165) is 0 Å². The molecule has 21 heavy (non-hydrogen) atoms. The van der Waals surface area contributed by atoms with Gasteiger partial charge < -0.3 is 9.64 Å². The van der Waals surface area contributed by atoms with Gasteiger partial charge in [0.1, 0.15) is 5.82 Å². The van der Waals surface area contributed by atoms with Gasteiger partial charge in [-0.3, -0.25) is 9.59 Å². The van der Waals surface area contributed by atoms with Gasteiger partial charge in [0.2, 0.25) is 0 Å². The fraction of sp³-hybridized carbons (Fsp3) is 0.571. The predicted octanol–water partition coefficient (Wildman–Crippen LogP) is 1.89. The van der Waals surface area contributed by atoms with E-state index < -0.39 is 0 Å². The summed E-state index contributed by atoms with van der Waals surface area (Å²) in [7, 11) is 1.35. The summed E-state index contributed by atoms with van der Waals surface area (Å²) in [6.45, 7) is 4.72. The Balaban J connectivity index is 2.17. The number of likely N-dealkylation sites (tertiary alicyclic amines) is 1. The van der Waals surface area contributed by atoms with Crippen LogP contribution in [0.3, 0.4) is 0 Å². The summed E-state index contributed by atoms with van der Waals surface area (Å²) >= 11 is 6.04. The third kappa shape index (κ3) is 3.32. The summed E-state index contributed by atoms with van der Waals surface area (Å²) in [4.78, 5) is 34.0. The average molecular weight is 312 g/mol. The molecule has 6 nitrogen and oxygen atoms in total. The van der Waals surface area contributed by atoms with E-state index in [1.807, 2.05) is 13.8 Å². The molecule has 0 spiro atoms. The number of ether oxygens (including phenoxy) is 1. The number of rotatable bonds is 3. The maximum atomic E-state index is 12.5. The van der Waals surface area contributed by atoms with Crippen LogP contribution >= 0.6 is 11.6 Å². The summed E-state index contributed by atoms with van der Waals surface area (Å²) in [5.74, 6) is -0.150. The van der Waals surface area contributed by atoms with E-state index in [1.54, 1.807) is 4.90 Å². The Morgan fingerprint density at radius 3 is 2.81 bits per heavy atom. The van der Waals surface area contributed by atoms with Gasteiger partial charge in [-0.1, -0.05) is 25.4 Å². The molecule has 0 aliphatic carbocycles. The van der Waals surface area contributed by atoms with Gasteiger partial charge >= 0.3 is 5.97 Å². The van der Waals surface area contributed by atoms with Gasteiger partial charge in [-0.2, -0.15) is 0 Å². The Kier molecular flexibility index (Phi) is 4.77. The van der Waals surface area contributed by atoms with Crippen LogP contribution in [-0.4, -0.2) is 46.9 Å². The van der Waals surface area contributed by atoms with E-state index in [0.29, 0.717) is 25.3 Å². The molecule has 0 aromatic carbocycles. The van der Waals surface area contributed by atoms with Gasteiger partial charge in [-0.15, -0.1) is 0 Å². The highest BCUT2D eigenvalue weighted by atomic mass is 35.5. The topological polar surface area (TPSA) is 72.4 Å². The second-order valence-corrected chi connectivity index (χ2v) is 5.75. The van der Waals surface area contributed by atoms with Crippen LogP contribution in [0.4, 0.5) is 0 Å². The van der Waals surface area contributed by atoms with Gasteiger partial charge in [0.25, 0.3) is 5.91 Å². The van der Waals surface area contributed by atoms with Crippen LogP contribution in [-0.2, 0) is 9.53 Å². The number of hydrogen-bond acceptors (Lipinski definition) is 5. The van der Waals surface area contributed by atoms with E-state index in [-0.39, 0.29) is 34.4 Å². The SMILES string of the molecule is COC(=O)C1CCN(C(=O)c2nc(C(C)C)ncc2Cl)C1. The Hall–Kier alpha value is -1.69. The lowest BCUT2D eigenvalue weighted by atomic mass is 10.1. The van der Waals surface area contributed by atoms with E-state index in [4.69, 9.17) is 16.3 Å². The van der Waals surface area contributed by atoms with Gasteiger partial charge in [0, 0.05) is 19.0 Å². The lowest BCUT2D eigenvalue weighted by Gasteiger charge is -2.17. The van der Waals surface area contributed by atoms with Crippen molar-refractivity contribution >= 4 is 23.5 Å². The number of amides is 1. The molecule has 1 aliphatic rings. The van der Waals surface area contributed by atoms with Crippen LogP contribution in [0.1, 0.15) is 42.5 Å². The summed E-state index contributed by atoms with van der Waals surface area (Å²) in [5.41, 5.74) is 0.195. The van der Waals surface area contributed by atoms with E-state index in [1.165, 1.54) is 13.3 Å². The van der Waals surface area contributed by atoms with Crippen LogP contribution in [0.25, 0.3) is 0 Å². The summed E-state index contributed by atoms with van der Waals surface area (Å²) in [6.07, 6.45) is 2.04. The van der Waals surface area contributed by atoms with Crippen molar-refractivity contribution in [2.75, 3.05) is 20.2 Å². The van der Waals surface area contributed by atoms with Crippen molar-refractivity contribution in [1.82, 2.24) is 14.9 Å². The zero-order valence-corrected chi connectivity index (χ0v) is 13.1. The molecule has 0 bridgehead atoms. The minimum absolute atomic E-state index is 0.107. The molecule has 1 fully saturated rings. The number of methoxy groups -OCH3 is 1. The molecule has 1 saturated heterocycles. The van der Waals surface area contributed by atoms with E-state index >= 15 is 0 Å². The normalized spacial score (nSPS) is 18.1. The number of hydrogen-bond donors (Lipinski definition) is 0. The number of carbonyl (C=O) groups excluding carboxylic acids is 2. The van der Waals surface area contributed by atoms with Crippen LogP contribution < -0.4 is 0 Å². The number of halogens is 1. The molecular formula is C14H18ClN3O3. The molecule has 0 N–H and O–H groups in total. The fourth-order valence-corrected chi connectivity index (χ4v) is 2.43. The number of carbonyl (C=O) groups is 2. The Bertz CT molecular complexity index is 562. The van der Waals surface area contributed by atoms with Crippen LogP contribution in [0, 0.1) is 5.92 Å². The second-order valence-electron chi connectivity index (χ2n) is 5.34. The van der Waals surface area contributed by atoms with E-state index in [2.05, 4.69) is 9.97 Å². The van der Waals surface area contributed by atoms with Crippen molar-refractivity contribution in [3.63, 3.8) is 0 Å². The molecule has 0 radical (unpaired) electrons. The van der Waals surface area contributed by atoms with Crippen molar-refractivity contribution in [3.05, 3.63) is 22.7 Å². The first kappa shape index (κ1) is 15.7. The van der Waals surface area contributed by atoms with E-state index in [9.17, 15) is 9.59 Å². The number of nitrogens with zero attached hydrogens (tertiary/aromatic N) is 3. The molecule has 0 saturated carbocycles.